The molecule has 2 aromatic heterocycles. The minimum atomic E-state index is 0.988. The van der Waals surface area contributed by atoms with Gasteiger partial charge in [-0.15, -0.1) is 11.3 Å². The summed E-state index contributed by atoms with van der Waals surface area (Å²) in [4.78, 5) is 8.75. The predicted octanol–water partition coefficient (Wildman–Crippen LogP) is 2.50. The van der Waals surface area contributed by atoms with E-state index in [9.17, 15) is 0 Å². The van der Waals surface area contributed by atoms with Gasteiger partial charge >= 0.3 is 0 Å². The highest BCUT2D eigenvalue weighted by Gasteiger charge is 1.99. The van der Waals surface area contributed by atoms with Crippen LogP contribution in [0, 0.1) is 6.92 Å². The molecule has 0 saturated carbocycles. The van der Waals surface area contributed by atoms with Crippen molar-refractivity contribution < 1.29 is 0 Å². The highest BCUT2D eigenvalue weighted by molar-refractivity contribution is 7.10. The third-order valence-corrected chi connectivity index (χ3v) is 3.60. The molecule has 86 valence electrons. The van der Waals surface area contributed by atoms with Gasteiger partial charge in [-0.2, -0.15) is 0 Å². The Morgan fingerprint density at radius 1 is 1.50 bits per heavy atom. The van der Waals surface area contributed by atoms with Crippen molar-refractivity contribution in [2.75, 3.05) is 6.54 Å². The van der Waals surface area contributed by atoms with Crippen LogP contribution in [0.3, 0.4) is 0 Å². The zero-order chi connectivity index (χ0) is 11.2. The molecule has 0 saturated heterocycles. The summed E-state index contributed by atoms with van der Waals surface area (Å²) in [5.74, 6) is 1.08. The smallest absolute Gasteiger partial charge is 0.106 e. The number of aromatic nitrogens is 2. The summed E-state index contributed by atoms with van der Waals surface area (Å²) < 4.78 is 0. The first kappa shape index (κ1) is 11.4. The number of rotatable bonds is 6. The van der Waals surface area contributed by atoms with E-state index in [-0.39, 0.29) is 0 Å². The quantitative estimate of drug-likeness (QED) is 0.755. The second-order valence-corrected chi connectivity index (χ2v) is 4.84. The van der Waals surface area contributed by atoms with Gasteiger partial charge in [-0.05, 0) is 36.9 Å². The third-order valence-electron chi connectivity index (χ3n) is 2.58. The molecule has 0 aliphatic rings. The summed E-state index contributed by atoms with van der Waals surface area (Å²) >= 11 is 1.82. The van der Waals surface area contributed by atoms with E-state index in [0.717, 1.165) is 31.8 Å². The molecule has 4 heteroatoms. The summed E-state index contributed by atoms with van der Waals surface area (Å²) in [5.41, 5.74) is 1.39. The molecule has 0 aliphatic heterocycles. The molecule has 0 spiro atoms. The minimum absolute atomic E-state index is 0.988. The van der Waals surface area contributed by atoms with Crippen LogP contribution in [0.25, 0.3) is 0 Å². The summed E-state index contributed by atoms with van der Waals surface area (Å²) in [5, 5.41) is 5.61. The first-order valence-corrected chi connectivity index (χ1v) is 6.46. The number of imidazole rings is 1. The van der Waals surface area contributed by atoms with E-state index in [4.69, 9.17) is 0 Å². The average Bonchev–Trinajstić information content (AvgIpc) is 2.90. The molecule has 2 aromatic rings. The van der Waals surface area contributed by atoms with Crippen molar-refractivity contribution in [3.8, 4) is 0 Å². The van der Waals surface area contributed by atoms with E-state index >= 15 is 0 Å². The van der Waals surface area contributed by atoms with Crippen LogP contribution in [0.15, 0.2) is 23.8 Å². The highest BCUT2D eigenvalue weighted by Crippen LogP contribution is 2.14. The molecule has 0 bridgehead atoms. The van der Waals surface area contributed by atoms with Gasteiger partial charge in [-0.25, -0.2) is 4.98 Å². The number of hydrogen-bond acceptors (Lipinski definition) is 3. The summed E-state index contributed by atoms with van der Waals surface area (Å²) in [6, 6.07) is 2.17. The number of hydrogen-bond donors (Lipinski definition) is 2. The van der Waals surface area contributed by atoms with Crippen LogP contribution in [0.1, 0.15) is 22.7 Å². The van der Waals surface area contributed by atoms with Gasteiger partial charge in [0.2, 0.25) is 0 Å². The summed E-state index contributed by atoms with van der Waals surface area (Å²) in [6.45, 7) is 4.19. The van der Waals surface area contributed by atoms with Crippen molar-refractivity contribution in [2.45, 2.75) is 26.3 Å². The largest absolute Gasteiger partial charge is 0.349 e. The second kappa shape index (κ2) is 5.82. The first-order valence-electron chi connectivity index (χ1n) is 5.58. The van der Waals surface area contributed by atoms with Crippen LogP contribution in [0.2, 0.25) is 0 Å². The zero-order valence-corrected chi connectivity index (χ0v) is 10.3. The maximum absolute atomic E-state index is 4.20. The van der Waals surface area contributed by atoms with Gasteiger partial charge in [0, 0.05) is 30.2 Å². The number of thiophene rings is 1. The Kier molecular flexibility index (Phi) is 4.13. The van der Waals surface area contributed by atoms with Gasteiger partial charge in [-0.3, -0.25) is 0 Å². The number of aryl methyl sites for hydroxylation is 2. The fraction of sp³-hybridized carbons (Fsp3) is 0.417. The van der Waals surface area contributed by atoms with Gasteiger partial charge in [0.05, 0.1) is 0 Å². The predicted molar refractivity (Wildman–Crippen MR) is 67.7 cm³/mol. The van der Waals surface area contributed by atoms with Crippen LogP contribution in [0.4, 0.5) is 0 Å². The monoisotopic (exact) mass is 235 g/mol. The van der Waals surface area contributed by atoms with Crippen molar-refractivity contribution in [2.24, 2.45) is 0 Å². The lowest BCUT2D eigenvalue weighted by Gasteiger charge is -2.03. The Hall–Kier alpha value is -1.13. The zero-order valence-electron chi connectivity index (χ0n) is 9.49. The highest BCUT2D eigenvalue weighted by atomic mass is 32.1. The van der Waals surface area contributed by atoms with E-state index in [1.165, 1.54) is 10.4 Å². The lowest BCUT2D eigenvalue weighted by Crippen LogP contribution is -2.15. The normalized spacial score (nSPS) is 10.8. The van der Waals surface area contributed by atoms with Gasteiger partial charge in [0.1, 0.15) is 5.82 Å². The van der Waals surface area contributed by atoms with Crippen molar-refractivity contribution in [1.82, 2.24) is 15.3 Å². The van der Waals surface area contributed by atoms with E-state index < -0.39 is 0 Å². The SMILES string of the molecule is Cc1ccsc1CNCCCc1ncc[nH]1. The molecule has 16 heavy (non-hydrogen) atoms. The topological polar surface area (TPSA) is 40.7 Å². The molecule has 0 aromatic carbocycles. The fourth-order valence-corrected chi connectivity index (χ4v) is 2.48. The van der Waals surface area contributed by atoms with E-state index in [1.807, 2.05) is 17.5 Å². The van der Waals surface area contributed by atoms with Crippen LogP contribution in [-0.4, -0.2) is 16.5 Å². The molecule has 0 radical (unpaired) electrons. The van der Waals surface area contributed by atoms with Crippen molar-refractivity contribution in [3.05, 3.63) is 40.1 Å². The first-order chi connectivity index (χ1) is 7.86. The van der Waals surface area contributed by atoms with Crippen LogP contribution >= 0.6 is 11.3 Å². The van der Waals surface area contributed by atoms with Gasteiger partial charge in [0.25, 0.3) is 0 Å². The summed E-state index contributed by atoms with van der Waals surface area (Å²) in [6.07, 6.45) is 5.82. The molecule has 3 nitrogen and oxygen atoms in total. The maximum atomic E-state index is 4.20. The van der Waals surface area contributed by atoms with Gasteiger partial charge in [0.15, 0.2) is 0 Å². The van der Waals surface area contributed by atoms with Crippen molar-refractivity contribution in [3.63, 3.8) is 0 Å². The van der Waals surface area contributed by atoms with E-state index in [2.05, 4.69) is 33.7 Å². The lowest BCUT2D eigenvalue weighted by atomic mass is 10.2. The second-order valence-electron chi connectivity index (χ2n) is 3.84. The number of aromatic amines is 1. The summed E-state index contributed by atoms with van der Waals surface area (Å²) in [7, 11) is 0. The van der Waals surface area contributed by atoms with E-state index in [1.54, 1.807) is 6.20 Å². The van der Waals surface area contributed by atoms with Gasteiger partial charge in [-0.1, -0.05) is 0 Å². The fourth-order valence-electron chi connectivity index (χ4n) is 1.60. The van der Waals surface area contributed by atoms with Crippen molar-refractivity contribution in [1.29, 1.82) is 0 Å². The molecule has 0 atom stereocenters. The third kappa shape index (κ3) is 3.18. The van der Waals surface area contributed by atoms with Crippen LogP contribution in [-0.2, 0) is 13.0 Å². The Labute approximate surface area is 99.9 Å². The number of H-pyrrole nitrogens is 1. The van der Waals surface area contributed by atoms with Crippen molar-refractivity contribution >= 4 is 11.3 Å². The molecular formula is C12H17N3S. The Bertz CT molecular complexity index is 406. The molecule has 0 aliphatic carbocycles. The van der Waals surface area contributed by atoms with Crippen LogP contribution in [0.5, 0.6) is 0 Å². The molecule has 0 unspecified atom stereocenters. The van der Waals surface area contributed by atoms with Gasteiger partial charge < -0.3 is 10.3 Å². The molecule has 0 amide bonds. The lowest BCUT2D eigenvalue weighted by molar-refractivity contribution is 0.644. The molecule has 0 fully saturated rings. The molecule has 2 heterocycles. The average molecular weight is 235 g/mol. The molecule has 2 N–H and O–H groups in total. The standard InChI is InChI=1S/C12H17N3S/c1-10-4-8-16-11(10)9-13-5-2-3-12-14-6-7-15-12/h4,6-8,13H,2-3,5,9H2,1H3,(H,14,15). The number of nitrogens with one attached hydrogen (secondary N) is 2. The molecule has 2 rings (SSSR count). The van der Waals surface area contributed by atoms with E-state index in [0.29, 0.717) is 0 Å². The number of nitrogens with zero attached hydrogens (tertiary/aromatic N) is 1. The minimum Gasteiger partial charge on any atom is -0.349 e. The Morgan fingerprint density at radius 2 is 2.44 bits per heavy atom. The molecular weight excluding hydrogens is 218 g/mol. The Balaban J connectivity index is 1.61. The Morgan fingerprint density at radius 3 is 3.12 bits per heavy atom. The van der Waals surface area contributed by atoms with Crippen LogP contribution < -0.4 is 5.32 Å². The maximum Gasteiger partial charge on any atom is 0.106 e.